The molecule has 0 radical (unpaired) electrons. The molecule has 0 saturated heterocycles. The summed E-state index contributed by atoms with van der Waals surface area (Å²) in [7, 11) is 4.87. The van der Waals surface area contributed by atoms with Crippen molar-refractivity contribution in [2.24, 2.45) is 0 Å². The Hall–Kier alpha value is -1.64. The van der Waals surface area contributed by atoms with E-state index in [1.807, 2.05) is 12.1 Å². The van der Waals surface area contributed by atoms with E-state index in [0.29, 0.717) is 17.2 Å². The summed E-state index contributed by atoms with van der Waals surface area (Å²) in [6, 6.07) is 3.95. The zero-order valence-corrected chi connectivity index (χ0v) is 11.9. The van der Waals surface area contributed by atoms with E-state index in [9.17, 15) is 0 Å². The Morgan fingerprint density at radius 2 is 1.61 bits per heavy atom. The average molecular weight is 250 g/mol. The van der Waals surface area contributed by atoms with Gasteiger partial charge in [0, 0.05) is 0 Å². The molecule has 0 fully saturated rings. The number of hydrogen-bond donors (Lipinski definition) is 0. The van der Waals surface area contributed by atoms with Gasteiger partial charge in [-0.3, -0.25) is 0 Å². The Kier molecular flexibility index (Phi) is 5.56. The van der Waals surface area contributed by atoms with Crippen LogP contribution in [-0.2, 0) is 0 Å². The van der Waals surface area contributed by atoms with Gasteiger partial charge in [-0.05, 0) is 36.6 Å². The lowest BCUT2D eigenvalue weighted by Crippen LogP contribution is -1.96. The minimum absolute atomic E-state index is 0.632. The second-order valence-corrected chi connectivity index (χ2v) is 4.09. The summed E-state index contributed by atoms with van der Waals surface area (Å²) in [5.74, 6) is 2.01. The Morgan fingerprint density at radius 1 is 1.06 bits per heavy atom. The lowest BCUT2D eigenvalue weighted by molar-refractivity contribution is 0.324. The third-order valence-electron chi connectivity index (χ3n) is 2.86. The van der Waals surface area contributed by atoms with Crippen LogP contribution in [0.5, 0.6) is 17.2 Å². The number of methoxy groups -OCH3 is 3. The molecule has 0 heterocycles. The highest BCUT2D eigenvalue weighted by atomic mass is 16.5. The lowest BCUT2D eigenvalue weighted by Gasteiger charge is -2.14. The van der Waals surface area contributed by atoms with Gasteiger partial charge in [0.2, 0.25) is 5.75 Å². The first-order chi connectivity index (χ1) is 8.67. The predicted octanol–water partition coefficient (Wildman–Crippen LogP) is 3.92. The molecule has 0 aromatic heterocycles. The Balaban J connectivity index is 3.22. The van der Waals surface area contributed by atoms with E-state index in [-0.39, 0.29) is 0 Å². The van der Waals surface area contributed by atoms with Crippen LogP contribution in [0.1, 0.15) is 32.3 Å². The first kappa shape index (κ1) is 14.4. The van der Waals surface area contributed by atoms with Crippen molar-refractivity contribution in [2.75, 3.05) is 21.3 Å². The van der Waals surface area contributed by atoms with E-state index in [1.54, 1.807) is 21.3 Å². The summed E-state index contributed by atoms with van der Waals surface area (Å²) in [5, 5.41) is 0. The molecule has 3 heteroatoms. The van der Waals surface area contributed by atoms with Crippen LogP contribution in [0, 0.1) is 0 Å². The van der Waals surface area contributed by atoms with Crippen molar-refractivity contribution >= 4 is 5.57 Å². The molecule has 100 valence electrons. The first-order valence-electron chi connectivity index (χ1n) is 6.15. The second-order valence-electron chi connectivity index (χ2n) is 4.09. The Morgan fingerprint density at radius 3 is 2.00 bits per heavy atom. The fraction of sp³-hybridized carbons (Fsp3) is 0.467. The summed E-state index contributed by atoms with van der Waals surface area (Å²) in [5.41, 5.74) is 2.31. The number of hydrogen-bond acceptors (Lipinski definition) is 3. The van der Waals surface area contributed by atoms with E-state index in [2.05, 4.69) is 19.9 Å². The smallest absolute Gasteiger partial charge is 0.203 e. The van der Waals surface area contributed by atoms with Crippen LogP contribution < -0.4 is 14.2 Å². The standard InChI is InChI=1S/C15H22O3/c1-6-7-8-11(2)12-9-13(16-3)15(18-5)14(10-12)17-4/h8-10H,6-7H2,1-5H3/b11-8+. The van der Waals surface area contributed by atoms with Crippen LogP contribution in [0.3, 0.4) is 0 Å². The zero-order chi connectivity index (χ0) is 13.5. The maximum absolute atomic E-state index is 5.34. The molecule has 0 bridgehead atoms. The van der Waals surface area contributed by atoms with Crippen molar-refractivity contribution in [3.63, 3.8) is 0 Å². The first-order valence-corrected chi connectivity index (χ1v) is 6.15. The molecular formula is C15H22O3. The molecule has 0 amide bonds. The number of ether oxygens (including phenoxy) is 3. The van der Waals surface area contributed by atoms with Gasteiger partial charge in [-0.15, -0.1) is 0 Å². The minimum atomic E-state index is 0.632. The molecule has 1 rings (SSSR count). The summed E-state index contributed by atoms with van der Waals surface area (Å²) in [6.07, 6.45) is 4.44. The maximum atomic E-state index is 5.34. The molecule has 0 saturated carbocycles. The normalized spacial score (nSPS) is 11.3. The molecule has 0 atom stereocenters. The van der Waals surface area contributed by atoms with Crippen LogP contribution in [0.25, 0.3) is 5.57 Å². The highest BCUT2D eigenvalue weighted by Gasteiger charge is 2.13. The van der Waals surface area contributed by atoms with Crippen LogP contribution >= 0.6 is 0 Å². The molecule has 0 aliphatic heterocycles. The van der Waals surface area contributed by atoms with E-state index in [4.69, 9.17) is 14.2 Å². The summed E-state index contributed by atoms with van der Waals surface area (Å²) < 4.78 is 16.0. The lowest BCUT2D eigenvalue weighted by atomic mass is 10.0. The molecule has 0 N–H and O–H groups in total. The van der Waals surface area contributed by atoms with E-state index >= 15 is 0 Å². The average Bonchev–Trinajstić information content (AvgIpc) is 2.42. The van der Waals surface area contributed by atoms with Crippen molar-refractivity contribution in [1.82, 2.24) is 0 Å². The highest BCUT2D eigenvalue weighted by molar-refractivity contribution is 5.69. The van der Waals surface area contributed by atoms with Crippen molar-refractivity contribution in [1.29, 1.82) is 0 Å². The van der Waals surface area contributed by atoms with E-state index < -0.39 is 0 Å². The van der Waals surface area contributed by atoms with Crippen molar-refractivity contribution in [3.05, 3.63) is 23.8 Å². The van der Waals surface area contributed by atoms with Gasteiger partial charge in [0.05, 0.1) is 21.3 Å². The topological polar surface area (TPSA) is 27.7 Å². The molecule has 1 aromatic rings. The number of unbranched alkanes of at least 4 members (excludes halogenated alkanes) is 1. The van der Waals surface area contributed by atoms with Gasteiger partial charge in [-0.1, -0.05) is 19.4 Å². The van der Waals surface area contributed by atoms with Gasteiger partial charge in [-0.25, -0.2) is 0 Å². The maximum Gasteiger partial charge on any atom is 0.203 e. The van der Waals surface area contributed by atoms with Gasteiger partial charge in [0.15, 0.2) is 11.5 Å². The van der Waals surface area contributed by atoms with Crippen molar-refractivity contribution in [3.8, 4) is 17.2 Å². The van der Waals surface area contributed by atoms with Crippen molar-refractivity contribution in [2.45, 2.75) is 26.7 Å². The molecule has 1 aromatic carbocycles. The van der Waals surface area contributed by atoms with Gasteiger partial charge in [-0.2, -0.15) is 0 Å². The molecular weight excluding hydrogens is 228 g/mol. The quantitative estimate of drug-likeness (QED) is 0.766. The highest BCUT2D eigenvalue weighted by Crippen LogP contribution is 2.39. The fourth-order valence-electron chi connectivity index (χ4n) is 1.79. The Labute approximate surface area is 109 Å². The van der Waals surface area contributed by atoms with Gasteiger partial charge in [0.1, 0.15) is 0 Å². The van der Waals surface area contributed by atoms with Gasteiger partial charge in [0.25, 0.3) is 0 Å². The molecule has 0 spiro atoms. The largest absolute Gasteiger partial charge is 0.493 e. The van der Waals surface area contributed by atoms with Crippen molar-refractivity contribution < 1.29 is 14.2 Å². The predicted molar refractivity (Wildman–Crippen MR) is 74.7 cm³/mol. The number of allylic oxidation sites excluding steroid dienone is 2. The molecule has 0 unspecified atom stereocenters. The monoisotopic (exact) mass is 250 g/mol. The Bertz CT molecular complexity index is 397. The van der Waals surface area contributed by atoms with Crippen LogP contribution in [0.2, 0.25) is 0 Å². The van der Waals surface area contributed by atoms with E-state index in [1.165, 1.54) is 5.57 Å². The number of rotatable bonds is 6. The summed E-state index contributed by atoms with van der Waals surface area (Å²) in [6.45, 7) is 4.26. The molecule has 0 aliphatic carbocycles. The number of benzene rings is 1. The van der Waals surface area contributed by atoms with Gasteiger partial charge < -0.3 is 14.2 Å². The molecule has 3 nitrogen and oxygen atoms in total. The third-order valence-corrected chi connectivity index (χ3v) is 2.86. The molecule has 0 aliphatic rings. The summed E-state index contributed by atoms with van der Waals surface area (Å²) >= 11 is 0. The summed E-state index contributed by atoms with van der Waals surface area (Å²) in [4.78, 5) is 0. The van der Waals surface area contributed by atoms with Crippen LogP contribution in [0.4, 0.5) is 0 Å². The van der Waals surface area contributed by atoms with E-state index in [0.717, 1.165) is 18.4 Å². The fourth-order valence-corrected chi connectivity index (χ4v) is 1.79. The minimum Gasteiger partial charge on any atom is -0.493 e. The SMILES string of the molecule is CCC/C=C(\C)c1cc(OC)c(OC)c(OC)c1. The van der Waals surface area contributed by atoms with Crippen LogP contribution in [0.15, 0.2) is 18.2 Å². The third kappa shape index (κ3) is 3.19. The molecule has 18 heavy (non-hydrogen) atoms. The van der Waals surface area contributed by atoms with Gasteiger partial charge >= 0.3 is 0 Å². The zero-order valence-electron chi connectivity index (χ0n) is 11.9. The second kappa shape index (κ2) is 6.94. The van der Waals surface area contributed by atoms with Crippen LogP contribution in [-0.4, -0.2) is 21.3 Å².